The molecule has 94 valence electrons. The Balaban J connectivity index is 1.82. The molecule has 1 heterocycles. The fourth-order valence-corrected chi connectivity index (χ4v) is 2.85. The molecule has 0 bridgehead atoms. The van der Waals surface area contributed by atoms with Gasteiger partial charge in [-0.05, 0) is 25.2 Å². The molecule has 1 atom stereocenters. The number of hydrogen-bond donors (Lipinski definition) is 1. The van der Waals surface area contributed by atoms with Crippen molar-refractivity contribution < 1.29 is 0 Å². The van der Waals surface area contributed by atoms with Gasteiger partial charge in [-0.2, -0.15) is 0 Å². The van der Waals surface area contributed by atoms with Gasteiger partial charge in [0.15, 0.2) is 0 Å². The lowest BCUT2D eigenvalue weighted by Crippen LogP contribution is -2.36. The highest BCUT2D eigenvalue weighted by atomic mass is 14.9. The highest BCUT2D eigenvalue weighted by Crippen LogP contribution is 2.27. The maximum Gasteiger partial charge on any atom is 0.115 e. The molecule has 3 nitrogen and oxygen atoms in total. The first-order valence-electron chi connectivity index (χ1n) is 6.87. The van der Waals surface area contributed by atoms with Crippen molar-refractivity contribution in [1.29, 1.82) is 0 Å². The molecule has 1 aromatic rings. The standard InChI is InChI=1S/C14H23N3/c1-2-14(13-6-4-3-5-7-13)17-10-12-8-15-11-16-9-12/h8-9,11,13-14,17H,2-7,10H2,1H3. The Hall–Kier alpha value is -0.960. The summed E-state index contributed by atoms with van der Waals surface area (Å²) in [7, 11) is 0. The molecule has 3 heteroatoms. The number of hydrogen-bond acceptors (Lipinski definition) is 3. The third kappa shape index (κ3) is 3.77. The van der Waals surface area contributed by atoms with Crippen LogP contribution in [0.25, 0.3) is 0 Å². The van der Waals surface area contributed by atoms with Crippen LogP contribution in [0.3, 0.4) is 0 Å². The SMILES string of the molecule is CCC(NCc1cncnc1)C1CCCCC1. The molecule has 1 fully saturated rings. The number of nitrogens with one attached hydrogen (secondary N) is 1. The Morgan fingerprint density at radius 2 is 1.94 bits per heavy atom. The average molecular weight is 233 g/mol. The van der Waals surface area contributed by atoms with Crippen LogP contribution in [0, 0.1) is 5.92 Å². The molecule has 17 heavy (non-hydrogen) atoms. The van der Waals surface area contributed by atoms with E-state index in [1.54, 1.807) is 6.33 Å². The van der Waals surface area contributed by atoms with Crippen molar-refractivity contribution in [3.05, 3.63) is 24.3 Å². The molecule has 0 aromatic carbocycles. The second-order valence-corrected chi connectivity index (χ2v) is 5.04. The predicted octanol–water partition coefficient (Wildman–Crippen LogP) is 2.93. The molecule has 0 radical (unpaired) electrons. The predicted molar refractivity (Wildman–Crippen MR) is 69.5 cm³/mol. The van der Waals surface area contributed by atoms with E-state index >= 15 is 0 Å². The van der Waals surface area contributed by atoms with Gasteiger partial charge in [-0.15, -0.1) is 0 Å². The van der Waals surface area contributed by atoms with Gasteiger partial charge in [0, 0.05) is 30.5 Å². The van der Waals surface area contributed by atoms with E-state index in [2.05, 4.69) is 22.2 Å². The van der Waals surface area contributed by atoms with Crippen LogP contribution in [0.15, 0.2) is 18.7 Å². The summed E-state index contributed by atoms with van der Waals surface area (Å²) in [6, 6.07) is 0.663. The van der Waals surface area contributed by atoms with Gasteiger partial charge >= 0.3 is 0 Å². The molecule has 2 rings (SSSR count). The monoisotopic (exact) mass is 233 g/mol. The summed E-state index contributed by atoms with van der Waals surface area (Å²) in [5, 5.41) is 3.68. The van der Waals surface area contributed by atoms with Gasteiger partial charge in [-0.3, -0.25) is 0 Å². The fourth-order valence-electron chi connectivity index (χ4n) is 2.85. The van der Waals surface area contributed by atoms with Crippen LogP contribution >= 0.6 is 0 Å². The molecular formula is C14H23N3. The molecule has 1 aliphatic carbocycles. The summed E-state index contributed by atoms with van der Waals surface area (Å²) >= 11 is 0. The van der Waals surface area contributed by atoms with Crippen molar-refractivity contribution in [3.63, 3.8) is 0 Å². The van der Waals surface area contributed by atoms with Crippen molar-refractivity contribution in [2.75, 3.05) is 0 Å². The zero-order valence-electron chi connectivity index (χ0n) is 10.7. The van der Waals surface area contributed by atoms with E-state index in [1.807, 2.05) is 12.4 Å². The first kappa shape index (κ1) is 12.5. The fraction of sp³-hybridized carbons (Fsp3) is 0.714. The summed E-state index contributed by atoms with van der Waals surface area (Å²) in [4.78, 5) is 8.10. The van der Waals surface area contributed by atoms with E-state index in [0.29, 0.717) is 6.04 Å². The van der Waals surface area contributed by atoms with Crippen molar-refractivity contribution in [1.82, 2.24) is 15.3 Å². The van der Waals surface area contributed by atoms with Crippen molar-refractivity contribution in [2.24, 2.45) is 5.92 Å². The normalized spacial score (nSPS) is 19.1. The zero-order valence-corrected chi connectivity index (χ0v) is 10.7. The van der Waals surface area contributed by atoms with E-state index < -0.39 is 0 Å². The van der Waals surface area contributed by atoms with Crippen LogP contribution in [0.4, 0.5) is 0 Å². The van der Waals surface area contributed by atoms with Gasteiger partial charge < -0.3 is 5.32 Å². The quantitative estimate of drug-likeness (QED) is 0.849. The third-order valence-electron chi connectivity index (χ3n) is 3.84. The molecule has 1 saturated carbocycles. The lowest BCUT2D eigenvalue weighted by molar-refractivity contribution is 0.261. The Bertz CT molecular complexity index is 307. The van der Waals surface area contributed by atoms with Crippen LogP contribution in [-0.2, 0) is 6.54 Å². The highest BCUT2D eigenvalue weighted by Gasteiger charge is 2.21. The maximum atomic E-state index is 4.05. The van der Waals surface area contributed by atoms with E-state index in [1.165, 1.54) is 44.1 Å². The minimum absolute atomic E-state index is 0.663. The zero-order chi connectivity index (χ0) is 11.9. The molecule has 0 amide bonds. The topological polar surface area (TPSA) is 37.8 Å². The molecule has 1 N–H and O–H groups in total. The lowest BCUT2D eigenvalue weighted by Gasteiger charge is -2.30. The molecular weight excluding hydrogens is 210 g/mol. The Labute approximate surface area is 104 Å². The number of aromatic nitrogens is 2. The van der Waals surface area contributed by atoms with Crippen LogP contribution in [-0.4, -0.2) is 16.0 Å². The molecule has 1 aliphatic rings. The summed E-state index contributed by atoms with van der Waals surface area (Å²) in [6.45, 7) is 3.18. The van der Waals surface area contributed by atoms with E-state index in [-0.39, 0.29) is 0 Å². The average Bonchev–Trinajstić information content (AvgIpc) is 2.42. The van der Waals surface area contributed by atoms with Gasteiger partial charge in [-0.1, -0.05) is 26.2 Å². The van der Waals surface area contributed by atoms with Crippen molar-refractivity contribution in [2.45, 2.75) is 58.0 Å². The van der Waals surface area contributed by atoms with Crippen molar-refractivity contribution >= 4 is 0 Å². The van der Waals surface area contributed by atoms with Gasteiger partial charge in [0.25, 0.3) is 0 Å². The second kappa shape index (κ2) is 6.70. The Morgan fingerprint density at radius 3 is 2.59 bits per heavy atom. The first-order valence-corrected chi connectivity index (χ1v) is 6.87. The van der Waals surface area contributed by atoms with Crippen LogP contribution in [0.1, 0.15) is 51.0 Å². The van der Waals surface area contributed by atoms with Gasteiger partial charge in [0.05, 0.1) is 0 Å². The molecule has 0 aliphatic heterocycles. The molecule has 1 aromatic heterocycles. The third-order valence-corrected chi connectivity index (χ3v) is 3.84. The molecule has 0 spiro atoms. The van der Waals surface area contributed by atoms with Crippen LogP contribution < -0.4 is 5.32 Å². The van der Waals surface area contributed by atoms with Gasteiger partial charge in [0.1, 0.15) is 6.33 Å². The van der Waals surface area contributed by atoms with Crippen LogP contribution in [0.2, 0.25) is 0 Å². The highest BCUT2D eigenvalue weighted by molar-refractivity contribution is 5.02. The number of nitrogens with zero attached hydrogens (tertiary/aromatic N) is 2. The van der Waals surface area contributed by atoms with E-state index in [0.717, 1.165) is 12.5 Å². The summed E-state index contributed by atoms with van der Waals surface area (Å²) in [5.41, 5.74) is 1.18. The largest absolute Gasteiger partial charge is 0.310 e. The van der Waals surface area contributed by atoms with Gasteiger partial charge in [0.2, 0.25) is 0 Å². The Morgan fingerprint density at radius 1 is 1.24 bits per heavy atom. The minimum atomic E-state index is 0.663. The molecule has 0 saturated heterocycles. The first-order chi connectivity index (χ1) is 8.40. The lowest BCUT2D eigenvalue weighted by atomic mass is 9.83. The summed E-state index contributed by atoms with van der Waals surface area (Å²) in [5.74, 6) is 0.874. The smallest absolute Gasteiger partial charge is 0.115 e. The van der Waals surface area contributed by atoms with E-state index in [9.17, 15) is 0 Å². The Kier molecular flexibility index (Phi) is 4.92. The van der Waals surface area contributed by atoms with E-state index in [4.69, 9.17) is 0 Å². The van der Waals surface area contributed by atoms with Crippen LogP contribution in [0.5, 0.6) is 0 Å². The summed E-state index contributed by atoms with van der Waals surface area (Å²) < 4.78 is 0. The van der Waals surface area contributed by atoms with Gasteiger partial charge in [-0.25, -0.2) is 9.97 Å². The second-order valence-electron chi connectivity index (χ2n) is 5.04. The minimum Gasteiger partial charge on any atom is -0.310 e. The maximum absolute atomic E-state index is 4.05. The van der Waals surface area contributed by atoms with Crippen molar-refractivity contribution in [3.8, 4) is 0 Å². The summed E-state index contributed by atoms with van der Waals surface area (Å²) in [6.07, 6.45) is 13.7. The molecule has 1 unspecified atom stereocenters. The number of rotatable bonds is 5.